The number of ether oxygens (including phenoxy) is 2. The van der Waals surface area contributed by atoms with Gasteiger partial charge in [-0.25, -0.2) is 0 Å². The summed E-state index contributed by atoms with van der Waals surface area (Å²) >= 11 is 0. The van der Waals surface area contributed by atoms with Gasteiger partial charge >= 0.3 is 0 Å². The lowest BCUT2D eigenvalue weighted by Crippen LogP contribution is -1.97. The van der Waals surface area contributed by atoms with E-state index in [0.717, 1.165) is 34.3 Å². The lowest BCUT2D eigenvalue weighted by atomic mass is 10.1. The molecule has 4 rings (SSSR count). The van der Waals surface area contributed by atoms with Crippen LogP contribution in [-0.4, -0.2) is 24.4 Å². The van der Waals surface area contributed by atoms with E-state index >= 15 is 0 Å². The molecule has 0 aromatic heterocycles. The maximum absolute atomic E-state index is 5.45. The Bertz CT molecular complexity index is 984. The number of H-pyrrole nitrogens is 2. The molecule has 0 spiro atoms. The van der Waals surface area contributed by atoms with Crippen LogP contribution in [0.4, 0.5) is 11.5 Å². The molecule has 3 N–H and O–H groups in total. The number of anilines is 2. The minimum atomic E-state index is 0.757. The standard InChI is InChI=1S/C19H19N3O2/c1-11-13-6-4-5-7-14(13)18-17(11)19(22-21-18)20-15-10-12(23-2)8-9-16(15)24-3/h4-10,20-22H,1-3H3. The van der Waals surface area contributed by atoms with Crippen LogP contribution in [0, 0.1) is 6.92 Å². The van der Waals surface area contributed by atoms with Gasteiger partial charge < -0.3 is 14.8 Å². The van der Waals surface area contributed by atoms with Crippen LogP contribution >= 0.6 is 0 Å². The first kappa shape index (κ1) is 14.5. The van der Waals surface area contributed by atoms with Gasteiger partial charge in [0.15, 0.2) is 0 Å². The average Bonchev–Trinajstić information content (AvgIpc) is 3.15. The Labute approximate surface area is 139 Å². The average molecular weight is 321 g/mol. The van der Waals surface area contributed by atoms with Gasteiger partial charge in [-0.3, -0.25) is 10.2 Å². The summed E-state index contributed by atoms with van der Waals surface area (Å²) in [5, 5.41) is 12.4. The zero-order chi connectivity index (χ0) is 16.7. The molecule has 0 saturated heterocycles. The fourth-order valence-electron chi connectivity index (χ4n) is 3.25. The highest BCUT2D eigenvalue weighted by Crippen LogP contribution is 2.43. The number of rotatable bonds is 4. The number of aromatic nitrogens is 2. The first-order valence-electron chi connectivity index (χ1n) is 7.79. The van der Waals surface area contributed by atoms with Gasteiger partial charge in [0.05, 0.1) is 25.6 Å². The predicted molar refractivity (Wildman–Crippen MR) is 96.8 cm³/mol. The van der Waals surface area contributed by atoms with Crippen molar-refractivity contribution < 1.29 is 9.47 Å². The topological polar surface area (TPSA) is 62.1 Å². The molecule has 1 aliphatic carbocycles. The number of benzene rings is 2. The summed E-state index contributed by atoms with van der Waals surface area (Å²) in [6.07, 6.45) is 0. The molecule has 122 valence electrons. The largest absolute Gasteiger partial charge is 0.497 e. The second-order valence-corrected chi connectivity index (χ2v) is 5.74. The smallest absolute Gasteiger partial charge is 0.142 e. The van der Waals surface area contributed by atoms with E-state index < -0.39 is 0 Å². The van der Waals surface area contributed by atoms with Crippen molar-refractivity contribution in [1.29, 1.82) is 0 Å². The summed E-state index contributed by atoms with van der Waals surface area (Å²) in [4.78, 5) is 0. The van der Waals surface area contributed by atoms with Crippen LogP contribution in [0.25, 0.3) is 22.0 Å². The number of nitrogens with one attached hydrogen (secondary N) is 3. The van der Waals surface area contributed by atoms with E-state index in [1.54, 1.807) is 14.2 Å². The molecule has 2 aromatic carbocycles. The number of aryl methyl sites for hydroxylation is 1. The third-order valence-corrected chi connectivity index (χ3v) is 4.45. The monoisotopic (exact) mass is 321 g/mol. The van der Waals surface area contributed by atoms with Crippen LogP contribution in [0.15, 0.2) is 42.5 Å². The molecule has 0 atom stereocenters. The van der Waals surface area contributed by atoms with E-state index in [2.05, 4.69) is 46.7 Å². The van der Waals surface area contributed by atoms with Gasteiger partial charge in [-0.1, -0.05) is 24.3 Å². The van der Waals surface area contributed by atoms with Crippen molar-refractivity contribution >= 4 is 22.3 Å². The van der Waals surface area contributed by atoms with Crippen LogP contribution in [-0.2, 0) is 0 Å². The Hall–Kier alpha value is -3.08. The molecule has 0 radical (unpaired) electrons. The zero-order valence-corrected chi connectivity index (χ0v) is 13.9. The molecule has 5 heteroatoms. The van der Waals surface area contributed by atoms with Crippen LogP contribution in [0.1, 0.15) is 5.56 Å². The van der Waals surface area contributed by atoms with E-state index in [1.807, 2.05) is 18.2 Å². The number of fused-ring (bicyclic) bond motifs is 3. The van der Waals surface area contributed by atoms with E-state index in [9.17, 15) is 0 Å². The summed E-state index contributed by atoms with van der Waals surface area (Å²) in [6.45, 7) is 2.14. The molecule has 24 heavy (non-hydrogen) atoms. The lowest BCUT2D eigenvalue weighted by molar-refractivity contribution is 0.405. The third-order valence-electron chi connectivity index (χ3n) is 4.45. The fourth-order valence-corrected chi connectivity index (χ4v) is 3.25. The van der Waals surface area contributed by atoms with Gasteiger partial charge in [-0.2, -0.15) is 0 Å². The van der Waals surface area contributed by atoms with Crippen molar-refractivity contribution in [3.05, 3.63) is 48.0 Å². The summed E-state index contributed by atoms with van der Waals surface area (Å²) in [6, 6.07) is 14.1. The van der Waals surface area contributed by atoms with Crippen LogP contribution < -0.4 is 14.8 Å². The highest BCUT2D eigenvalue weighted by Gasteiger charge is 2.21. The minimum absolute atomic E-state index is 0.757. The van der Waals surface area contributed by atoms with Gasteiger partial charge in [0.25, 0.3) is 0 Å². The van der Waals surface area contributed by atoms with Gasteiger partial charge in [0.2, 0.25) is 0 Å². The SMILES string of the molecule is COc1ccc(OC)c(Nc2[nH][nH]c3c4ccccc4c(C)c2-3)c1. The summed E-state index contributed by atoms with van der Waals surface area (Å²) < 4.78 is 10.8. The summed E-state index contributed by atoms with van der Waals surface area (Å²) in [7, 11) is 3.31. The maximum Gasteiger partial charge on any atom is 0.142 e. The molecule has 0 fully saturated rings. The number of hydrogen-bond acceptors (Lipinski definition) is 3. The molecule has 0 saturated carbocycles. The first-order valence-corrected chi connectivity index (χ1v) is 7.79. The maximum atomic E-state index is 5.45. The van der Waals surface area contributed by atoms with Crippen molar-refractivity contribution in [3.8, 4) is 22.8 Å². The van der Waals surface area contributed by atoms with E-state index in [4.69, 9.17) is 9.47 Å². The van der Waals surface area contributed by atoms with Crippen LogP contribution in [0.3, 0.4) is 0 Å². The van der Waals surface area contributed by atoms with Gasteiger partial charge in [-0.15, -0.1) is 0 Å². The predicted octanol–water partition coefficient (Wildman–Crippen LogP) is 4.67. The second kappa shape index (κ2) is 5.53. The molecule has 0 amide bonds. The number of aromatic amines is 2. The van der Waals surface area contributed by atoms with Crippen molar-refractivity contribution in [1.82, 2.24) is 10.2 Å². The Morgan fingerprint density at radius 1 is 0.917 bits per heavy atom. The quantitative estimate of drug-likeness (QED) is 0.512. The van der Waals surface area contributed by atoms with Crippen molar-refractivity contribution in [2.75, 3.05) is 19.5 Å². The molecule has 5 nitrogen and oxygen atoms in total. The Morgan fingerprint density at radius 2 is 1.71 bits per heavy atom. The minimum Gasteiger partial charge on any atom is -0.497 e. The Kier molecular flexibility index (Phi) is 3.34. The molecular weight excluding hydrogens is 302 g/mol. The highest BCUT2D eigenvalue weighted by atomic mass is 16.5. The molecular formula is C19H19N3O2. The highest BCUT2D eigenvalue weighted by molar-refractivity contribution is 6.07. The molecule has 2 aliphatic rings. The van der Waals surface area contributed by atoms with Gasteiger partial charge in [0.1, 0.15) is 17.3 Å². The van der Waals surface area contributed by atoms with Crippen molar-refractivity contribution in [2.24, 2.45) is 0 Å². The summed E-state index contributed by atoms with van der Waals surface area (Å²) in [5.41, 5.74) is 4.34. The van der Waals surface area contributed by atoms with E-state index in [-0.39, 0.29) is 0 Å². The van der Waals surface area contributed by atoms with Crippen molar-refractivity contribution in [2.45, 2.75) is 6.92 Å². The Morgan fingerprint density at radius 3 is 2.46 bits per heavy atom. The fraction of sp³-hybridized carbons (Fsp3) is 0.158. The molecule has 0 unspecified atom stereocenters. The third kappa shape index (κ3) is 2.09. The van der Waals surface area contributed by atoms with E-state index in [1.165, 1.54) is 16.3 Å². The van der Waals surface area contributed by atoms with Crippen LogP contribution in [0.2, 0.25) is 0 Å². The van der Waals surface area contributed by atoms with Gasteiger partial charge in [0, 0.05) is 17.0 Å². The molecule has 2 aromatic rings. The van der Waals surface area contributed by atoms with Gasteiger partial charge in [-0.05, 0) is 30.0 Å². The number of hydrogen-bond donors (Lipinski definition) is 3. The zero-order valence-electron chi connectivity index (χ0n) is 13.9. The second-order valence-electron chi connectivity index (χ2n) is 5.74. The van der Waals surface area contributed by atoms with Crippen molar-refractivity contribution in [3.63, 3.8) is 0 Å². The van der Waals surface area contributed by atoms with E-state index in [0.29, 0.717) is 0 Å². The molecule has 1 aliphatic heterocycles. The Balaban J connectivity index is 1.82. The normalized spacial score (nSPS) is 11.1. The molecule has 1 heterocycles. The molecule has 0 bridgehead atoms. The van der Waals surface area contributed by atoms with Crippen LogP contribution in [0.5, 0.6) is 11.5 Å². The lowest BCUT2D eigenvalue weighted by Gasteiger charge is -2.12. The summed E-state index contributed by atoms with van der Waals surface area (Å²) in [5.74, 6) is 2.44. The number of methoxy groups -OCH3 is 2. The first-order chi connectivity index (χ1) is 11.7.